The van der Waals surface area contributed by atoms with Crippen molar-refractivity contribution in [1.82, 2.24) is 24.5 Å². The van der Waals surface area contributed by atoms with E-state index in [9.17, 15) is 0 Å². The summed E-state index contributed by atoms with van der Waals surface area (Å²) in [6.07, 6.45) is 7.00. The van der Waals surface area contributed by atoms with E-state index in [-0.39, 0.29) is 0 Å². The van der Waals surface area contributed by atoms with Crippen molar-refractivity contribution in [3.63, 3.8) is 0 Å². The molecule has 0 saturated carbocycles. The van der Waals surface area contributed by atoms with Crippen LogP contribution in [0.5, 0.6) is 0 Å². The monoisotopic (exact) mass is 361 g/mol. The topological polar surface area (TPSA) is 102 Å². The number of nitrogens with one attached hydrogen (secondary N) is 1. The summed E-state index contributed by atoms with van der Waals surface area (Å²) in [6.45, 7) is 2.00. The maximum Gasteiger partial charge on any atom is 0.227 e. The lowest BCUT2D eigenvalue weighted by molar-refractivity contribution is 1.15. The van der Waals surface area contributed by atoms with Crippen molar-refractivity contribution < 1.29 is 0 Å². The molecule has 0 atom stereocenters. The summed E-state index contributed by atoms with van der Waals surface area (Å²) >= 11 is 1.33. The lowest BCUT2D eigenvalue weighted by atomic mass is 10.1. The molecule has 26 heavy (non-hydrogen) atoms. The first kappa shape index (κ1) is 16.1. The summed E-state index contributed by atoms with van der Waals surface area (Å²) in [5, 5.41) is 7.10. The Kier molecular flexibility index (Phi) is 4.24. The number of nitrogens with zero attached hydrogens (tertiary/aromatic N) is 5. The third kappa shape index (κ3) is 3.35. The van der Waals surface area contributed by atoms with Gasteiger partial charge in [-0.2, -0.15) is 0 Å². The van der Waals surface area contributed by atoms with Crippen molar-refractivity contribution in [2.24, 2.45) is 0 Å². The number of pyridine rings is 1. The molecule has 128 valence electrons. The van der Waals surface area contributed by atoms with Crippen molar-refractivity contribution in [3.05, 3.63) is 60.7 Å². The molecular formula is C18H15N7S. The third-order valence-corrected chi connectivity index (χ3v) is 4.56. The summed E-state index contributed by atoms with van der Waals surface area (Å²) in [5.41, 5.74) is 11.1. The smallest absolute Gasteiger partial charge is 0.227 e. The molecule has 3 aromatic heterocycles. The van der Waals surface area contributed by atoms with Crippen LogP contribution in [-0.4, -0.2) is 24.5 Å². The first-order chi connectivity index (χ1) is 12.7. The summed E-state index contributed by atoms with van der Waals surface area (Å²) < 4.78 is 3.90. The van der Waals surface area contributed by atoms with Gasteiger partial charge < -0.3 is 11.1 Å². The molecule has 4 aromatic rings. The SMILES string of the molecule is Cc1ccc(N)cc1Nc1nccc(-c2cncc(-c3cnns3)c2)n1. The molecule has 0 unspecified atom stereocenters. The van der Waals surface area contributed by atoms with Gasteiger partial charge in [-0.05, 0) is 48.3 Å². The Bertz CT molecular complexity index is 1050. The fourth-order valence-corrected chi connectivity index (χ4v) is 2.98. The minimum Gasteiger partial charge on any atom is -0.399 e. The molecule has 8 heteroatoms. The number of aromatic nitrogens is 5. The summed E-state index contributed by atoms with van der Waals surface area (Å²) in [6, 6.07) is 9.55. The Morgan fingerprint density at radius 1 is 1.04 bits per heavy atom. The van der Waals surface area contributed by atoms with E-state index in [1.54, 1.807) is 24.8 Å². The highest BCUT2D eigenvalue weighted by atomic mass is 32.1. The van der Waals surface area contributed by atoms with Gasteiger partial charge in [0.15, 0.2) is 0 Å². The Morgan fingerprint density at radius 2 is 1.92 bits per heavy atom. The van der Waals surface area contributed by atoms with Gasteiger partial charge in [-0.25, -0.2) is 9.97 Å². The maximum absolute atomic E-state index is 5.87. The number of hydrogen-bond donors (Lipinski definition) is 2. The number of nitrogen functional groups attached to an aromatic ring is 1. The van der Waals surface area contributed by atoms with Crippen molar-refractivity contribution in [3.8, 4) is 21.7 Å². The molecule has 3 heterocycles. The van der Waals surface area contributed by atoms with E-state index in [1.807, 2.05) is 37.3 Å². The zero-order chi connectivity index (χ0) is 17.9. The highest BCUT2D eigenvalue weighted by Gasteiger charge is 2.08. The molecular weight excluding hydrogens is 346 g/mol. The molecule has 0 fully saturated rings. The van der Waals surface area contributed by atoms with Crippen LogP contribution in [0.1, 0.15) is 5.56 Å². The number of nitrogens with two attached hydrogens (primary N) is 1. The van der Waals surface area contributed by atoms with E-state index < -0.39 is 0 Å². The molecule has 7 nitrogen and oxygen atoms in total. The first-order valence-corrected chi connectivity index (χ1v) is 8.66. The van der Waals surface area contributed by atoms with Crippen molar-refractivity contribution in [2.75, 3.05) is 11.1 Å². The van der Waals surface area contributed by atoms with E-state index in [0.717, 1.165) is 32.9 Å². The third-order valence-electron chi connectivity index (χ3n) is 3.84. The molecule has 0 aliphatic rings. The van der Waals surface area contributed by atoms with E-state index >= 15 is 0 Å². The predicted molar refractivity (Wildman–Crippen MR) is 103 cm³/mol. The van der Waals surface area contributed by atoms with Crippen LogP contribution >= 0.6 is 11.5 Å². The number of hydrogen-bond acceptors (Lipinski definition) is 8. The Morgan fingerprint density at radius 3 is 2.77 bits per heavy atom. The zero-order valence-electron chi connectivity index (χ0n) is 13.9. The molecule has 3 N–H and O–H groups in total. The average Bonchev–Trinajstić information content (AvgIpc) is 3.20. The second kappa shape index (κ2) is 6.85. The van der Waals surface area contributed by atoms with Gasteiger partial charge in [0, 0.05) is 41.1 Å². The Labute approximate surface area is 154 Å². The van der Waals surface area contributed by atoms with Crippen molar-refractivity contribution in [1.29, 1.82) is 0 Å². The van der Waals surface area contributed by atoms with Gasteiger partial charge in [-0.15, -0.1) is 5.10 Å². The molecule has 4 rings (SSSR count). The van der Waals surface area contributed by atoms with Crippen LogP contribution in [0.15, 0.2) is 55.1 Å². The molecule has 0 aliphatic carbocycles. The molecule has 0 spiro atoms. The molecule has 0 aliphatic heterocycles. The second-order valence-corrected chi connectivity index (χ2v) is 6.49. The van der Waals surface area contributed by atoms with Crippen LogP contribution in [0, 0.1) is 6.92 Å². The first-order valence-electron chi connectivity index (χ1n) is 7.88. The quantitative estimate of drug-likeness (QED) is 0.534. The van der Waals surface area contributed by atoms with Gasteiger partial charge in [-0.3, -0.25) is 4.98 Å². The van der Waals surface area contributed by atoms with Crippen molar-refractivity contribution in [2.45, 2.75) is 6.92 Å². The van der Waals surface area contributed by atoms with E-state index in [0.29, 0.717) is 11.6 Å². The van der Waals surface area contributed by atoms with E-state index in [2.05, 4.69) is 29.9 Å². The summed E-state index contributed by atoms with van der Waals surface area (Å²) in [5.74, 6) is 0.501. The van der Waals surface area contributed by atoms with Crippen LogP contribution in [0.2, 0.25) is 0 Å². The standard InChI is InChI=1S/C18H15N7S/c1-11-2-3-14(19)7-16(11)24-18-21-5-4-15(23-18)12-6-13(9-20-8-12)17-10-22-25-26-17/h2-10H,19H2,1H3,(H,21,23,24). The minimum absolute atomic E-state index is 0.501. The van der Waals surface area contributed by atoms with Gasteiger partial charge in [-0.1, -0.05) is 10.6 Å². The fraction of sp³-hybridized carbons (Fsp3) is 0.0556. The van der Waals surface area contributed by atoms with E-state index in [4.69, 9.17) is 5.73 Å². The highest BCUT2D eigenvalue weighted by Crippen LogP contribution is 2.27. The summed E-state index contributed by atoms with van der Waals surface area (Å²) in [4.78, 5) is 14.2. The van der Waals surface area contributed by atoms with Crippen LogP contribution in [0.4, 0.5) is 17.3 Å². The van der Waals surface area contributed by atoms with Gasteiger partial charge in [0.2, 0.25) is 5.95 Å². The van der Waals surface area contributed by atoms with Crippen LogP contribution in [0.3, 0.4) is 0 Å². The molecule has 0 radical (unpaired) electrons. The lowest BCUT2D eigenvalue weighted by Gasteiger charge is -2.10. The number of anilines is 3. The average molecular weight is 361 g/mol. The number of rotatable bonds is 4. The Balaban J connectivity index is 1.66. The summed E-state index contributed by atoms with van der Waals surface area (Å²) in [7, 11) is 0. The normalized spacial score (nSPS) is 10.7. The molecule has 0 saturated heterocycles. The Hall–Kier alpha value is -3.39. The molecule has 1 aromatic carbocycles. The predicted octanol–water partition coefficient (Wildman–Crippen LogP) is 3.69. The van der Waals surface area contributed by atoms with Crippen LogP contribution < -0.4 is 11.1 Å². The maximum atomic E-state index is 5.87. The fourth-order valence-electron chi connectivity index (χ4n) is 2.48. The highest BCUT2D eigenvalue weighted by molar-refractivity contribution is 7.09. The van der Waals surface area contributed by atoms with Gasteiger partial charge in [0.1, 0.15) is 0 Å². The second-order valence-electron chi connectivity index (χ2n) is 5.71. The zero-order valence-corrected chi connectivity index (χ0v) is 14.7. The minimum atomic E-state index is 0.501. The van der Waals surface area contributed by atoms with Crippen LogP contribution in [0.25, 0.3) is 21.7 Å². The van der Waals surface area contributed by atoms with Crippen LogP contribution in [-0.2, 0) is 0 Å². The lowest BCUT2D eigenvalue weighted by Crippen LogP contribution is -2.00. The number of aryl methyl sites for hydroxylation is 1. The number of benzene rings is 1. The largest absolute Gasteiger partial charge is 0.399 e. The van der Waals surface area contributed by atoms with Gasteiger partial charge in [0.05, 0.1) is 16.8 Å². The van der Waals surface area contributed by atoms with Gasteiger partial charge in [0.25, 0.3) is 0 Å². The van der Waals surface area contributed by atoms with E-state index in [1.165, 1.54) is 11.5 Å². The molecule has 0 bridgehead atoms. The van der Waals surface area contributed by atoms with Gasteiger partial charge >= 0.3 is 0 Å². The molecule has 0 amide bonds. The van der Waals surface area contributed by atoms with Crippen molar-refractivity contribution >= 4 is 28.9 Å².